The van der Waals surface area contributed by atoms with Crippen LogP contribution in [0.4, 0.5) is 0 Å². The fourth-order valence-corrected chi connectivity index (χ4v) is 0. The van der Waals surface area contributed by atoms with Crippen LogP contribution in [0.2, 0.25) is 0 Å². The Morgan fingerprint density at radius 2 is 1.91 bits per heavy atom. The minimum atomic E-state index is -0.935. The molecule has 0 atom stereocenters. The topological polar surface area (TPSA) is 63.3 Å². The van der Waals surface area contributed by atoms with E-state index in [1.54, 1.807) is 0 Å². The van der Waals surface area contributed by atoms with Gasteiger partial charge in [-0.2, -0.15) is 6.42 Å². The van der Waals surface area contributed by atoms with Crippen molar-refractivity contribution in [2.24, 2.45) is 5.73 Å². The summed E-state index contributed by atoms with van der Waals surface area (Å²) in [4.78, 5) is 9.60. The van der Waals surface area contributed by atoms with E-state index in [0.717, 1.165) is 6.42 Å². The van der Waals surface area contributed by atoms with E-state index in [9.17, 15) is 4.79 Å². The average molecular weight is 167 g/mol. The Bertz CT molecular complexity index is 101. The molecule has 0 aliphatic rings. The van der Waals surface area contributed by atoms with Gasteiger partial charge in [-0.05, 0) is 13.5 Å². The Morgan fingerprint density at radius 1 is 1.73 bits per heavy atom. The number of carboxylic acids is 1. The van der Waals surface area contributed by atoms with Crippen LogP contribution in [-0.4, -0.2) is 17.6 Å². The van der Waals surface area contributed by atoms with Crippen molar-refractivity contribution in [3.05, 3.63) is 19.1 Å². The van der Waals surface area contributed by atoms with E-state index < -0.39 is 5.97 Å². The second kappa shape index (κ2) is 12.8. The quantitative estimate of drug-likeness (QED) is 0.279. The molecule has 0 radical (unpaired) electrons. The van der Waals surface area contributed by atoms with Crippen molar-refractivity contribution in [2.45, 2.75) is 13.3 Å². The van der Waals surface area contributed by atoms with E-state index >= 15 is 0 Å². The SMILES string of the molecule is C=C(C)C(=O)O.[CH2-]CCN.[Na+]. The van der Waals surface area contributed by atoms with Crippen molar-refractivity contribution >= 4 is 5.97 Å². The molecule has 11 heavy (non-hydrogen) atoms. The maximum atomic E-state index is 9.60. The Labute approximate surface area is 90.0 Å². The summed E-state index contributed by atoms with van der Waals surface area (Å²) in [6.45, 7) is 8.79. The number of carbonyl (C=O) groups is 1. The predicted molar refractivity (Wildman–Crippen MR) is 41.5 cm³/mol. The predicted octanol–water partition coefficient (Wildman–Crippen LogP) is -2.18. The number of carboxylic acid groups (broad SMARTS) is 1. The number of aliphatic carboxylic acids is 1. The van der Waals surface area contributed by atoms with Crippen LogP contribution in [0.3, 0.4) is 0 Å². The zero-order valence-corrected chi connectivity index (χ0v) is 9.26. The number of hydrogen-bond acceptors (Lipinski definition) is 2. The largest absolute Gasteiger partial charge is 1.00 e. The summed E-state index contributed by atoms with van der Waals surface area (Å²) in [6.07, 6.45) is 0.847. The van der Waals surface area contributed by atoms with Crippen LogP contribution in [0, 0.1) is 6.92 Å². The summed E-state index contributed by atoms with van der Waals surface area (Å²) in [5.74, 6) is -0.935. The van der Waals surface area contributed by atoms with Crippen LogP contribution in [0.15, 0.2) is 12.2 Å². The normalized spacial score (nSPS) is 6.82. The molecule has 0 saturated carbocycles. The molecule has 0 spiro atoms. The Morgan fingerprint density at radius 3 is 1.91 bits per heavy atom. The van der Waals surface area contributed by atoms with E-state index in [2.05, 4.69) is 13.5 Å². The third-order valence-corrected chi connectivity index (χ3v) is 0.569. The number of hydrogen-bond donors (Lipinski definition) is 2. The Hall–Kier alpha value is 0.170. The maximum Gasteiger partial charge on any atom is 1.00 e. The van der Waals surface area contributed by atoms with Gasteiger partial charge in [0.1, 0.15) is 0 Å². The molecule has 0 fully saturated rings. The minimum Gasteiger partial charge on any atom is -0.478 e. The molecule has 3 N–H and O–H groups in total. The first kappa shape index (κ1) is 17.3. The van der Waals surface area contributed by atoms with Crippen LogP contribution >= 0.6 is 0 Å². The molecule has 4 heteroatoms. The summed E-state index contributed by atoms with van der Waals surface area (Å²) in [6, 6.07) is 0. The van der Waals surface area contributed by atoms with Gasteiger partial charge in [0.05, 0.1) is 0 Å². The smallest absolute Gasteiger partial charge is 0.478 e. The number of rotatable bonds is 2. The van der Waals surface area contributed by atoms with Crippen LogP contribution in [-0.2, 0) is 4.79 Å². The van der Waals surface area contributed by atoms with Crippen molar-refractivity contribution in [3.8, 4) is 0 Å². The summed E-state index contributed by atoms with van der Waals surface area (Å²) >= 11 is 0. The van der Waals surface area contributed by atoms with Gasteiger partial charge in [0.25, 0.3) is 0 Å². The molecule has 0 aliphatic carbocycles. The van der Waals surface area contributed by atoms with Gasteiger partial charge in [0, 0.05) is 5.57 Å². The fourth-order valence-electron chi connectivity index (χ4n) is 0. The maximum absolute atomic E-state index is 9.60. The van der Waals surface area contributed by atoms with Crippen molar-refractivity contribution < 1.29 is 39.5 Å². The standard InChI is InChI=1S/C4H6O2.C3H8N.Na/c1-3(2)4(5)6;1-2-3-4;/h1H2,2H3,(H,5,6);1-4H2;/q;-1;+1. The molecular formula is C7H14NNaO2. The van der Waals surface area contributed by atoms with Gasteiger partial charge < -0.3 is 17.8 Å². The first-order valence-corrected chi connectivity index (χ1v) is 2.94. The van der Waals surface area contributed by atoms with E-state index in [0.29, 0.717) is 6.54 Å². The molecule has 3 nitrogen and oxygen atoms in total. The molecule has 60 valence electrons. The number of nitrogens with two attached hydrogens (primary N) is 1. The molecule has 0 saturated heterocycles. The average Bonchev–Trinajstić information content (AvgIpc) is 1.89. The summed E-state index contributed by atoms with van der Waals surface area (Å²) in [7, 11) is 0. The van der Waals surface area contributed by atoms with Gasteiger partial charge in [-0.15, -0.1) is 0 Å². The summed E-state index contributed by atoms with van der Waals surface area (Å²) in [5.41, 5.74) is 5.14. The zero-order chi connectivity index (χ0) is 8.57. The second-order valence-electron chi connectivity index (χ2n) is 1.73. The summed E-state index contributed by atoms with van der Waals surface area (Å²) < 4.78 is 0. The summed E-state index contributed by atoms with van der Waals surface area (Å²) in [5, 5.41) is 7.89. The molecule has 0 aromatic heterocycles. The molecular weight excluding hydrogens is 153 g/mol. The van der Waals surface area contributed by atoms with Crippen LogP contribution < -0.4 is 35.3 Å². The van der Waals surface area contributed by atoms with Crippen LogP contribution in [0.25, 0.3) is 0 Å². The molecule has 0 bridgehead atoms. The van der Waals surface area contributed by atoms with Gasteiger partial charge in [0.15, 0.2) is 0 Å². The van der Waals surface area contributed by atoms with E-state index in [-0.39, 0.29) is 35.1 Å². The van der Waals surface area contributed by atoms with Gasteiger partial charge >= 0.3 is 35.5 Å². The molecule has 0 heterocycles. The van der Waals surface area contributed by atoms with E-state index in [1.165, 1.54) is 6.92 Å². The van der Waals surface area contributed by atoms with Crippen molar-refractivity contribution in [2.75, 3.05) is 6.54 Å². The first-order chi connectivity index (χ1) is 4.56. The van der Waals surface area contributed by atoms with Crippen LogP contribution in [0.1, 0.15) is 13.3 Å². The Kier molecular flexibility index (Phi) is 20.2. The molecule has 0 aromatic rings. The van der Waals surface area contributed by atoms with Gasteiger partial charge in [-0.25, -0.2) is 4.79 Å². The van der Waals surface area contributed by atoms with Gasteiger partial charge in [-0.1, -0.05) is 6.58 Å². The third kappa shape index (κ3) is 25.4. The fraction of sp³-hybridized carbons (Fsp3) is 0.429. The molecule has 0 amide bonds. The molecule has 0 unspecified atom stereocenters. The van der Waals surface area contributed by atoms with E-state index in [1.807, 2.05) is 0 Å². The molecule has 0 rings (SSSR count). The molecule has 0 aliphatic heterocycles. The monoisotopic (exact) mass is 167 g/mol. The second-order valence-corrected chi connectivity index (χ2v) is 1.73. The minimum absolute atomic E-state index is 0. The van der Waals surface area contributed by atoms with Crippen molar-refractivity contribution in [3.63, 3.8) is 0 Å². The van der Waals surface area contributed by atoms with Gasteiger partial charge in [-0.3, -0.25) is 0 Å². The van der Waals surface area contributed by atoms with Crippen molar-refractivity contribution in [1.82, 2.24) is 0 Å². The van der Waals surface area contributed by atoms with Crippen LogP contribution in [0.5, 0.6) is 0 Å². The third-order valence-electron chi connectivity index (χ3n) is 0.569. The zero-order valence-electron chi connectivity index (χ0n) is 7.26. The molecule has 0 aromatic carbocycles. The van der Waals surface area contributed by atoms with Crippen molar-refractivity contribution in [1.29, 1.82) is 0 Å². The van der Waals surface area contributed by atoms with Gasteiger partial charge in [0.2, 0.25) is 0 Å². The van der Waals surface area contributed by atoms with E-state index in [4.69, 9.17) is 10.8 Å². The Balaban J connectivity index is -0.000000114. The first-order valence-electron chi connectivity index (χ1n) is 2.94.